The van der Waals surface area contributed by atoms with Crippen LogP contribution >= 0.6 is 0 Å². The first-order valence-electron chi connectivity index (χ1n) is 9.03. The van der Waals surface area contributed by atoms with Gasteiger partial charge in [-0.05, 0) is 42.5 Å². The normalized spacial score (nSPS) is 11.2. The highest BCUT2D eigenvalue weighted by molar-refractivity contribution is 6.08. The monoisotopic (exact) mass is 416 g/mol. The molecule has 3 rings (SSSR count). The van der Waals surface area contributed by atoms with Gasteiger partial charge < -0.3 is 14.8 Å². The summed E-state index contributed by atoms with van der Waals surface area (Å²) in [4.78, 5) is 29.7. The highest BCUT2D eigenvalue weighted by atomic mass is 19.4. The molecule has 3 aromatic rings. The number of nitrogens with one attached hydrogen (secondary N) is 1. The van der Waals surface area contributed by atoms with Crippen LogP contribution in [0.1, 0.15) is 26.4 Å². The summed E-state index contributed by atoms with van der Waals surface area (Å²) in [6, 6.07) is 9.75. The number of hydrogen-bond acceptors (Lipinski definition) is 4. The van der Waals surface area contributed by atoms with E-state index in [1.165, 1.54) is 18.3 Å². The SMILES string of the molecule is CN(CCn1ccc(C(=O)Nc2cccnc2)c1C=O)c1ccc(C(F)(F)F)cc1. The van der Waals surface area contributed by atoms with Gasteiger partial charge in [0.1, 0.15) is 0 Å². The molecule has 0 radical (unpaired) electrons. The first-order valence-corrected chi connectivity index (χ1v) is 9.03. The van der Waals surface area contributed by atoms with Crippen molar-refractivity contribution in [1.29, 1.82) is 0 Å². The summed E-state index contributed by atoms with van der Waals surface area (Å²) < 4.78 is 39.7. The molecule has 0 saturated carbocycles. The minimum absolute atomic E-state index is 0.220. The minimum atomic E-state index is -4.38. The summed E-state index contributed by atoms with van der Waals surface area (Å²) in [6.45, 7) is 0.788. The van der Waals surface area contributed by atoms with Gasteiger partial charge in [0.25, 0.3) is 5.91 Å². The van der Waals surface area contributed by atoms with Crippen LogP contribution in [0.5, 0.6) is 0 Å². The van der Waals surface area contributed by atoms with E-state index in [2.05, 4.69) is 10.3 Å². The molecule has 9 heteroatoms. The van der Waals surface area contributed by atoms with Crippen LogP contribution in [-0.4, -0.2) is 35.3 Å². The Morgan fingerprint density at radius 1 is 1.20 bits per heavy atom. The van der Waals surface area contributed by atoms with Crippen LogP contribution < -0.4 is 10.2 Å². The van der Waals surface area contributed by atoms with Crippen LogP contribution in [-0.2, 0) is 12.7 Å². The maximum Gasteiger partial charge on any atom is 0.416 e. The molecule has 0 saturated heterocycles. The van der Waals surface area contributed by atoms with Crippen LogP contribution in [0, 0.1) is 0 Å². The van der Waals surface area contributed by atoms with Gasteiger partial charge >= 0.3 is 6.18 Å². The Morgan fingerprint density at radius 2 is 1.93 bits per heavy atom. The number of anilines is 2. The molecule has 1 N–H and O–H groups in total. The zero-order chi connectivity index (χ0) is 21.7. The fourth-order valence-corrected chi connectivity index (χ4v) is 2.93. The number of benzene rings is 1. The van der Waals surface area contributed by atoms with Crippen molar-refractivity contribution < 1.29 is 22.8 Å². The number of aromatic nitrogens is 2. The molecule has 0 bridgehead atoms. The quantitative estimate of drug-likeness (QED) is 0.589. The average molecular weight is 416 g/mol. The predicted octanol–water partition coefficient (Wildman–Crippen LogP) is 4.10. The second-order valence-electron chi connectivity index (χ2n) is 6.59. The molecular weight excluding hydrogens is 397 g/mol. The second kappa shape index (κ2) is 8.81. The lowest BCUT2D eigenvalue weighted by atomic mass is 10.2. The second-order valence-corrected chi connectivity index (χ2v) is 6.59. The van der Waals surface area contributed by atoms with Gasteiger partial charge in [-0.2, -0.15) is 13.2 Å². The molecule has 2 heterocycles. The molecule has 1 aromatic carbocycles. The third kappa shape index (κ3) is 4.86. The van der Waals surface area contributed by atoms with Crippen molar-refractivity contribution in [3.63, 3.8) is 0 Å². The van der Waals surface area contributed by atoms with Gasteiger partial charge in [-0.1, -0.05) is 0 Å². The number of carbonyl (C=O) groups is 2. The fourth-order valence-electron chi connectivity index (χ4n) is 2.93. The number of likely N-dealkylation sites (N-methyl/N-ethyl adjacent to an activating group) is 1. The summed E-state index contributed by atoms with van der Waals surface area (Å²) in [5, 5.41) is 2.68. The maximum atomic E-state index is 12.7. The van der Waals surface area contributed by atoms with Gasteiger partial charge in [0.05, 0.1) is 28.7 Å². The van der Waals surface area contributed by atoms with Crippen molar-refractivity contribution in [3.8, 4) is 0 Å². The number of pyridine rings is 1. The zero-order valence-corrected chi connectivity index (χ0v) is 16.1. The third-order valence-electron chi connectivity index (χ3n) is 4.59. The predicted molar refractivity (Wildman–Crippen MR) is 107 cm³/mol. The molecule has 6 nitrogen and oxygen atoms in total. The van der Waals surface area contributed by atoms with Crippen molar-refractivity contribution in [2.45, 2.75) is 12.7 Å². The van der Waals surface area contributed by atoms with E-state index < -0.39 is 17.6 Å². The Bertz CT molecular complexity index is 1010. The van der Waals surface area contributed by atoms with Crippen molar-refractivity contribution in [2.24, 2.45) is 0 Å². The van der Waals surface area contributed by atoms with E-state index in [-0.39, 0.29) is 11.3 Å². The number of rotatable bonds is 7. The zero-order valence-electron chi connectivity index (χ0n) is 16.1. The topological polar surface area (TPSA) is 67.2 Å². The van der Waals surface area contributed by atoms with Gasteiger partial charge in [0.15, 0.2) is 6.29 Å². The highest BCUT2D eigenvalue weighted by Gasteiger charge is 2.30. The number of aldehydes is 1. The lowest BCUT2D eigenvalue weighted by Gasteiger charge is -2.20. The molecule has 30 heavy (non-hydrogen) atoms. The molecule has 0 aliphatic heterocycles. The third-order valence-corrected chi connectivity index (χ3v) is 4.59. The molecule has 0 fully saturated rings. The van der Waals surface area contributed by atoms with E-state index in [1.807, 2.05) is 0 Å². The summed E-state index contributed by atoms with van der Waals surface area (Å²) in [7, 11) is 1.74. The van der Waals surface area contributed by atoms with Gasteiger partial charge in [-0.3, -0.25) is 14.6 Å². The largest absolute Gasteiger partial charge is 0.416 e. The van der Waals surface area contributed by atoms with E-state index in [4.69, 9.17) is 0 Å². The van der Waals surface area contributed by atoms with Crippen LogP contribution in [0.15, 0.2) is 61.1 Å². The summed E-state index contributed by atoms with van der Waals surface area (Å²) in [6.07, 6.45) is 0.928. The Balaban J connectivity index is 1.67. The molecule has 0 spiro atoms. The first-order chi connectivity index (χ1) is 14.3. The fraction of sp³-hybridized carbons (Fsp3) is 0.190. The lowest BCUT2D eigenvalue weighted by molar-refractivity contribution is -0.137. The smallest absolute Gasteiger partial charge is 0.373 e. The van der Waals surface area contributed by atoms with Gasteiger partial charge in [0, 0.05) is 38.2 Å². The molecular formula is C21H19F3N4O2. The number of amides is 1. The van der Waals surface area contributed by atoms with Crippen molar-refractivity contribution >= 4 is 23.6 Å². The summed E-state index contributed by atoms with van der Waals surface area (Å²) >= 11 is 0. The molecule has 0 unspecified atom stereocenters. The molecule has 1 amide bonds. The van der Waals surface area contributed by atoms with Gasteiger partial charge in [-0.25, -0.2) is 0 Å². The van der Waals surface area contributed by atoms with Crippen LogP contribution in [0.4, 0.5) is 24.5 Å². The van der Waals surface area contributed by atoms with E-state index in [0.29, 0.717) is 30.8 Å². The maximum absolute atomic E-state index is 12.7. The lowest BCUT2D eigenvalue weighted by Crippen LogP contribution is -2.23. The summed E-state index contributed by atoms with van der Waals surface area (Å²) in [5.74, 6) is -0.431. The van der Waals surface area contributed by atoms with Gasteiger partial charge in [0.2, 0.25) is 0 Å². The van der Waals surface area contributed by atoms with E-state index in [1.54, 1.807) is 47.1 Å². The van der Waals surface area contributed by atoms with Crippen molar-refractivity contribution in [3.05, 3.63) is 77.9 Å². The number of carbonyl (C=O) groups excluding carboxylic acids is 2. The number of halogens is 3. The van der Waals surface area contributed by atoms with Crippen LogP contribution in [0.3, 0.4) is 0 Å². The Kier molecular flexibility index (Phi) is 6.20. The Hall–Kier alpha value is -3.62. The number of hydrogen-bond donors (Lipinski definition) is 1. The molecule has 0 aliphatic carbocycles. The van der Waals surface area contributed by atoms with Crippen LogP contribution in [0.2, 0.25) is 0 Å². The van der Waals surface area contributed by atoms with Crippen molar-refractivity contribution in [1.82, 2.24) is 9.55 Å². The highest BCUT2D eigenvalue weighted by Crippen LogP contribution is 2.30. The first kappa shape index (κ1) is 21.1. The number of alkyl halides is 3. The van der Waals surface area contributed by atoms with E-state index in [9.17, 15) is 22.8 Å². The van der Waals surface area contributed by atoms with E-state index in [0.717, 1.165) is 12.1 Å². The molecule has 0 atom stereocenters. The minimum Gasteiger partial charge on any atom is -0.373 e. The number of nitrogens with zero attached hydrogens (tertiary/aromatic N) is 3. The Morgan fingerprint density at radius 3 is 2.53 bits per heavy atom. The van der Waals surface area contributed by atoms with Gasteiger partial charge in [-0.15, -0.1) is 0 Å². The Labute approximate surface area is 171 Å². The standard InChI is InChI=1S/C21H19F3N4O2/c1-27(17-6-4-15(5-7-17)21(22,23)24)11-12-28-10-8-18(19(28)14-29)20(30)26-16-3-2-9-25-13-16/h2-10,13-14H,11-12H2,1H3,(H,26,30). The molecule has 156 valence electrons. The molecule has 0 aliphatic rings. The van der Waals surface area contributed by atoms with Crippen molar-refractivity contribution in [2.75, 3.05) is 23.8 Å². The van der Waals surface area contributed by atoms with Crippen LogP contribution in [0.25, 0.3) is 0 Å². The van der Waals surface area contributed by atoms with E-state index >= 15 is 0 Å². The summed E-state index contributed by atoms with van der Waals surface area (Å²) in [5.41, 5.74) is 0.854. The molecule has 2 aromatic heterocycles. The average Bonchev–Trinajstić information content (AvgIpc) is 3.15.